The van der Waals surface area contributed by atoms with E-state index in [2.05, 4.69) is 10.3 Å². The van der Waals surface area contributed by atoms with E-state index < -0.39 is 6.09 Å². The van der Waals surface area contributed by atoms with E-state index in [-0.39, 0.29) is 0 Å². The lowest BCUT2D eigenvalue weighted by molar-refractivity contribution is 0.195. The Morgan fingerprint density at radius 3 is 3.07 bits per heavy atom. The van der Waals surface area contributed by atoms with Crippen LogP contribution in [0.2, 0.25) is 0 Å². The van der Waals surface area contributed by atoms with Crippen LogP contribution in [-0.2, 0) is 0 Å². The van der Waals surface area contributed by atoms with Crippen LogP contribution in [0.15, 0.2) is 29.4 Å². The third-order valence-electron chi connectivity index (χ3n) is 1.24. The molecule has 0 atom stereocenters. The van der Waals surface area contributed by atoms with Crippen molar-refractivity contribution in [3.63, 3.8) is 0 Å². The molecule has 1 amide bonds. The number of rotatable bonds is 5. The van der Waals surface area contributed by atoms with Gasteiger partial charge in [-0.15, -0.1) is 0 Å². The monoisotopic (exact) mass is 230 g/mol. The summed E-state index contributed by atoms with van der Waals surface area (Å²) in [5.74, 6) is 0.730. The topological polar surface area (TPSA) is 62.2 Å². The molecule has 2 N–H and O–H groups in total. The van der Waals surface area contributed by atoms with E-state index in [4.69, 9.17) is 5.11 Å². The lowest BCUT2D eigenvalue weighted by Gasteiger charge is -2.00. The predicted molar refractivity (Wildman–Crippen MR) is 58.6 cm³/mol. The summed E-state index contributed by atoms with van der Waals surface area (Å²) in [5, 5.41) is 11.5. The Bertz CT molecular complexity index is 282. The Morgan fingerprint density at radius 2 is 2.43 bits per heavy atom. The van der Waals surface area contributed by atoms with Crippen molar-refractivity contribution in [1.82, 2.24) is 10.3 Å². The summed E-state index contributed by atoms with van der Waals surface area (Å²) in [5.41, 5.74) is 0. The molecular weight excluding hydrogens is 220 g/mol. The van der Waals surface area contributed by atoms with Crippen molar-refractivity contribution in [1.29, 1.82) is 0 Å². The van der Waals surface area contributed by atoms with E-state index in [1.807, 2.05) is 18.2 Å². The van der Waals surface area contributed by atoms with Gasteiger partial charge in [-0.2, -0.15) is 0 Å². The van der Waals surface area contributed by atoms with Gasteiger partial charge in [-0.25, -0.2) is 9.78 Å². The molecule has 0 saturated heterocycles. The molecule has 0 saturated carbocycles. The molecule has 1 heterocycles. The molecule has 0 aliphatic carbocycles. The average molecular weight is 230 g/mol. The van der Waals surface area contributed by atoms with Crippen molar-refractivity contribution in [3.8, 4) is 0 Å². The molecule has 6 heteroatoms. The molecule has 0 aromatic carbocycles. The summed E-state index contributed by atoms with van der Waals surface area (Å²) in [7, 11) is 3.12. The number of nitrogens with zero attached hydrogens (tertiary/aromatic N) is 1. The van der Waals surface area contributed by atoms with Crippen LogP contribution in [0.4, 0.5) is 4.79 Å². The zero-order valence-electron chi connectivity index (χ0n) is 7.34. The molecular formula is C8H10N2O2S2. The Kier molecular flexibility index (Phi) is 5.24. The number of aromatic nitrogens is 1. The molecule has 4 nitrogen and oxygen atoms in total. The van der Waals surface area contributed by atoms with Gasteiger partial charge in [0.15, 0.2) is 0 Å². The lowest BCUT2D eigenvalue weighted by atomic mass is 10.5. The van der Waals surface area contributed by atoms with Gasteiger partial charge in [-0.1, -0.05) is 16.9 Å². The molecule has 76 valence electrons. The van der Waals surface area contributed by atoms with Gasteiger partial charge in [0.2, 0.25) is 0 Å². The fourth-order valence-electron chi connectivity index (χ4n) is 0.698. The lowest BCUT2D eigenvalue weighted by Crippen LogP contribution is -2.22. The number of nitrogens with one attached hydrogen (secondary N) is 1. The number of pyridine rings is 1. The van der Waals surface area contributed by atoms with Crippen LogP contribution in [0.3, 0.4) is 0 Å². The highest BCUT2D eigenvalue weighted by molar-refractivity contribution is 8.76. The average Bonchev–Trinajstić information content (AvgIpc) is 2.18. The van der Waals surface area contributed by atoms with E-state index in [9.17, 15) is 4.79 Å². The molecule has 0 spiro atoms. The summed E-state index contributed by atoms with van der Waals surface area (Å²) in [6, 6.07) is 5.70. The van der Waals surface area contributed by atoms with Crippen LogP contribution < -0.4 is 5.32 Å². The van der Waals surface area contributed by atoms with Gasteiger partial charge in [0, 0.05) is 18.5 Å². The van der Waals surface area contributed by atoms with E-state index in [1.165, 1.54) is 0 Å². The van der Waals surface area contributed by atoms with Crippen LogP contribution in [-0.4, -0.2) is 28.5 Å². The first-order valence-corrected chi connectivity index (χ1v) is 6.28. The maximum atomic E-state index is 10.1. The van der Waals surface area contributed by atoms with Crippen LogP contribution >= 0.6 is 21.6 Å². The number of hydrogen-bond donors (Lipinski definition) is 2. The second-order valence-electron chi connectivity index (χ2n) is 2.31. The second-order valence-corrected chi connectivity index (χ2v) is 4.74. The number of carboxylic acid groups (broad SMARTS) is 1. The smallest absolute Gasteiger partial charge is 0.404 e. The maximum Gasteiger partial charge on any atom is 0.404 e. The minimum atomic E-state index is -0.978. The maximum absolute atomic E-state index is 10.1. The number of amides is 1. The molecule has 14 heavy (non-hydrogen) atoms. The normalized spacial score (nSPS) is 9.71. The summed E-state index contributed by atoms with van der Waals surface area (Å²) in [6.45, 7) is 0.458. The first-order chi connectivity index (χ1) is 6.79. The molecule has 1 rings (SSSR count). The summed E-state index contributed by atoms with van der Waals surface area (Å²) >= 11 is 0. The molecule has 0 aliphatic rings. The van der Waals surface area contributed by atoms with Crippen LogP contribution in [0.1, 0.15) is 0 Å². The first kappa shape index (κ1) is 11.2. The molecule has 1 aromatic heterocycles. The third kappa shape index (κ3) is 4.98. The fourth-order valence-corrected chi connectivity index (χ4v) is 2.48. The standard InChI is InChI=1S/C8H10N2O2S2/c11-8(12)10-5-6-13-14-7-3-1-2-4-9-7/h1-4,10H,5-6H2,(H,11,12). The Morgan fingerprint density at radius 1 is 1.57 bits per heavy atom. The van der Waals surface area contributed by atoms with Gasteiger partial charge < -0.3 is 10.4 Å². The van der Waals surface area contributed by atoms with E-state index in [1.54, 1.807) is 27.8 Å². The quantitative estimate of drug-likeness (QED) is 0.599. The van der Waals surface area contributed by atoms with Crippen molar-refractivity contribution in [3.05, 3.63) is 24.4 Å². The minimum absolute atomic E-state index is 0.458. The van der Waals surface area contributed by atoms with E-state index >= 15 is 0 Å². The molecule has 0 fully saturated rings. The SMILES string of the molecule is O=C(O)NCCSSc1ccccn1. The van der Waals surface area contributed by atoms with Crippen LogP contribution in [0, 0.1) is 0 Å². The number of hydrogen-bond acceptors (Lipinski definition) is 4. The highest BCUT2D eigenvalue weighted by Gasteiger charge is 1.96. The van der Waals surface area contributed by atoms with E-state index in [0.29, 0.717) is 6.54 Å². The van der Waals surface area contributed by atoms with Crippen molar-refractivity contribution >= 4 is 27.7 Å². The minimum Gasteiger partial charge on any atom is -0.465 e. The van der Waals surface area contributed by atoms with Crippen molar-refractivity contribution in [2.75, 3.05) is 12.3 Å². The molecule has 0 aliphatic heterocycles. The molecule has 0 radical (unpaired) electrons. The summed E-state index contributed by atoms with van der Waals surface area (Å²) in [4.78, 5) is 14.2. The molecule has 0 bridgehead atoms. The summed E-state index contributed by atoms with van der Waals surface area (Å²) < 4.78 is 0. The zero-order valence-corrected chi connectivity index (χ0v) is 8.98. The largest absolute Gasteiger partial charge is 0.465 e. The Hall–Kier alpha value is -0.880. The highest BCUT2D eigenvalue weighted by Crippen LogP contribution is 2.28. The van der Waals surface area contributed by atoms with Crippen LogP contribution in [0.5, 0.6) is 0 Å². The van der Waals surface area contributed by atoms with Gasteiger partial charge in [-0.3, -0.25) is 0 Å². The van der Waals surface area contributed by atoms with Crippen LogP contribution in [0.25, 0.3) is 0 Å². The van der Waals surface area contributed by atoms with E-state index in [0.717, 1.165) is 10.8 Å². The van der Waals surface area contributed by atoms with Gasteiger partial charge in [-0.05, 0) is 22.9 Å². The summed E-state index contributed by atoms with van der Waals surface area (Å²) in [6.07, 6.45) is 0.756. The Labute approximate surface area is 89.9 Å². The number of carbonyl (C=O) groups is 1. The zero-order chi connectivity index (χ0) is 10.2. The molecule has 1 aromatic rings. The van der Waals surface area contributed by atoms with Gasteiger partial charge >= 0.3 is 6.09 Å². The fraction of sp³-hybridized carbons (Fsp3) is 0.250. The molecule has 0 unspecified atom stereocenters. The van der Waals surface area contributed by atoms with Gasteiger partial charge in [0.25, 0.3) is 0 Å². The predicted octanol–water partition coefficient (Wildman–Crippen LogP) is 2.09. The van der Waals surface area contributed by atoms with Crippen molar-refractivity contribution < 1.29 is 9.90 Å². The third-order valence-corrected chi connectivity index (χ3v) is 3.51. The second kappa shape index (κ2) is 6.56. The van der Waals surface area contributed by atoms with Crippen molar-refractivity contribution in [2.45, 2.75) is 5.03 Å². The first-order valence-electron chi connectivity index (χ1n) is 3.96. The Balaban J connectivity index is 2.08. The highest BCUT2D eigenvalue weighted by atomic mass is 33.1. The van der Waals surface area contributed by atoms with Gasteiger partial charge in [0.05, 0.1) is 0 Å². The van der Waals surface area contributed by atoms with Crippen molar-refractivity contribution in [2.24, 2.45) is 0 Å². The van der Waals surface area contributed by atoms with Gasteiger partial charge in [0.1, 0.15) is 5.03 Å².